The fourth-order valence-corrected chi connectivity index (χ4v) is 1.97. The number of carboxylic acid groups (broad SMARTS) is 1. The van der Waals surface area contributed by atoms with Gasteiger partial charge in [0.25, 0.3) is 0 Å². The minimum atomic E-state index is -1.23. The number of carbonyl (C=O) groups is 2. The van der Waals surface area contributed by atoms with Gasteiger partial charge in [0, 0.05) is 12.6 Å². The largest absolute Gasteiger partial charge is 0.480 e. The number of nitrogens with two attached hydrogens (primary N) is 1. The molecule has 0 aromatic rings. The predicted molar refractivity (Wildman–Crippen MR) is 61.4 cm³/mol. The van der Waals surface area contributed by atoms with Crippen LogP contribution in [0.5, 0.6) is 0 Å². The van der Waals surface area contributed by atoms with Crippen LogP contribution in [0.2, 0.25) is 0 Å². The molecule has 3 N–H and O–H groups in total. The molecule has 0 saturated carbocycles. The zero-order valence-electron chi connectivity index (χ0n) is 10.5. The second kappa shape index (κ2) is 5.01. The fraction of sp³-hybridized carbons (Fsp3) is 0.818. The van der Waals surface area contributed by atoms with Crippen molar-refractivity contribution >= 4 is 11.9 Å². The Bertz CT molecular complexity index is 317. The van der Waals surface area contributed by atoms with Crippen molar-refractivity contribution in [2.45, 2.75) is 32.4 Å². The molecule has 0 aromatic heterocycles. The molecule has 2 unspecified atom stereocenters. The van der Waals surface area contributed by atoms with Crippen molar-refractivity contribution < 1.29 is 19.4 Å². The Balaban J connectivity index is 2.87. The minimum absolute atomic E-state index is 0.245. The summed E-state index contributed by atoms with van der Waals surface area (Å²) in [5.74, 6) is -1.71. The van der Waals surface area contributed by atoms with Crippen molar-refractivity contribution in [3.63, 3.8) is 0 Å². The molecule has 0 spiro atoms. The lowest BCUT2D eigenvalue weighted by molar-refractivity contribution is -0.158. The molecule has 1 aliphatic heterocycles. The highest BCUT2D eigenvalue weighted by Crippen LogP contribution is 2.21. The highest BCUT2D eigenvalue weighted by molar-refractivity contribution is 5.88. The minimum Gasteiger partial charge on any atom is -0.480 e. The van der Waals surface area contributed by atoms with E-state index in [1.165, 1.54) is 18.7 Å². The first-order valence-electron chi connectivity index (χ1n) is 5.70. The molecule has 0 radical (unpaired) electrons. The van der Waals surface area contributed by atoms with Crippen molar-refractivity contribution in [3.8, 4) is 0 Å². The third-order valence-corrected chi connectivity index (χ3v) is 3.22. The summed E-state index contributed by atoms with van der Waals surface area (Å²) in [5.41, 5.74) is 4.54. The van der Waals surface area contributed by atoms with Crippen LogP contribution in [-0.2, 0) is 14.3 Å². The number of carboxylic acids is 1. The average Bonchev–Trinajstić information content (AvgIpc) is 2.64. The van der Waals surface area contributed by atoms with Crippen LogP contribution in [0.25, 0.3) is 0 Å². The number of carbonyl (C=O) groups excluding carboxylic acids is 1. The summed E-state index contributed by atoms with van der Waals surface area (Å²) in [6, 6.07) is -0.346. The second-order valence-electron chi connectivity index (χ2n) is 4.75. The number of nitrogens with zero attached hydrogens (tertiary/aromatic N) is 1. The number of likely N-dealkylation sites (N-methyl/N-ethyl adjacent to an activating group) is 1. The van der Waals surface area contributed by atoms with Gasteiger partial charge in [0.1, 0.15) is 5.54 Å². The van der Waals surface area contributed by atoms with Gasteiger partial charge in [0.15, 0.2) is 0 Å². The highest BCUT2D eigenvalue weighted by atomic mass is 16.5. The average molecular weight is 244 g/mol. The smallest absolute Gasteiger partial charge is 0.329 e. The fourth-order valence-electron chi connectivity index (χ4n) is 1.97. The number of hydrogen-bond donors (Lipinski definition) is 2. The summed E-state index contributed by atoms with van der Waals surface area (Å²) in [4.78, 5) is 24.7. The Morgan fingerprint density at radius 3 is 2.41 bits per heavy atom. The monoisotopic (exact) mass is 244 g/mol. The SMILES string of the molecule is CCN(C(=O)C1COCC1N)C(C)(C)C(=O)O. The topological polar surface area (TPSA) is 92.9 Å². The molecular weight excluding hydrogens is 224 g/mol. The van der Waals surface area contributed by atoms with Gasteiger partial charge < -0.3 is 20.5 Å². The molecule has 2 atom stereocenters. The van der Waals surface area contributed by atoms with Crippen molar-refractivity contribution in [1.82, 2.24) is 4.90 Å². The van der Waals surface area contributed by atoms with Crippen molar-refractivity contribution in [2.24, 2.45) is 11.7 Å². The Morgan fingerprint density at radius 1 is 1.47 bits per heavy atom. The summed E-state index contributed by atoms with van der Waals surface area (Å²) in [6.45, 7) is 5.73. The first-order chi connectivity index (χ1) is 7.82. The van der Waals surface area contributed by atoms with E-state index in [2.05, 4.69) is 0 Å². The Kier molecular flexibility index (Phi) is 4.11. The summed E-state index contributed by atoms with van der Waals surface area (Å²) in [7, 11) is 0. The van der Waals surface area contributed by atoms with Gasteiger partial charge in [0.2, 0.25) is 5.91 Å². The van der Waals surface area contributed by atoms with E-state index in [0.29, 0.717) is 13.2 Å². The summed E-state index contributed by atoms with van der Waals surface area (Å²) in [6.07, 6.45) is 0. The maximum Gasteiger partial charge on any atom is 0.329 e. The van der Waals surface area contributed by atoms with Gasteiger partial charge >= 0.3 is 5.97 Å². The Labute approximate surface area is 101 Å². The van der Waals surface area contributed by atoms with Crippen LogP contribution in [0.4, 0.5) is 0 Å². The number of ether oxygens (including phenoxy) is 1. The van der Waals surface area contributed by atoms with E-state index >= 15 is 0 Å². The summed E-state index contributed by atoms with van der Waals surface area (Å²) >= 11 is 0. The predicted octanol–water partition coefficient (Wildman–Crippen LogP) is -0.328. The molecule has 6 heteroatoms. The zero-order chi connectivity index (χ0) is 13.2. The molecule has 1 heterocycles. The van der Waals surface area contributed by atoms with Gasteiger partial charge in [-0.15, -0.1) is 0 Å². The normalized spacial score (nSPS) is 24.7. The van der Waals surface area contributed by atoms with E-state index < -0.39 is 17.4 Å². The molecule has 17 heavy (non-hydrogen) atoms. The maximum absolute atomic E-state index is 12.2. The lowest BCUT2D eigenvalue weighted by Crippen LogP contribution is -2.56. The van der Waals surface area contributed by atoms with Gasteiger partial charge in [-0.05, 0) is 20.8 Å². The Morgan fingerprint density at radius 2 is 2.06 bits per heavy atom. The van der Waals surface area contributed by atoms with Gasteiger partial charge in [-0.1, -0.05) is 0 Å². The van der Waals surface area contributed by atoms with Gasteiger partial charge in [-0.2, -0.15) is 0 Å². The van der Waals surface area contributed by atoms with E-state index in [1.54, 1.807) is 6.92 Å². The molecule has 1 aliphatic rings. The molecular formula is C11H20N2O4. The summed E-state index contributed by atoms with van der Waals surface area (Å²) in [5, 5.41) is 9.14. The first-order valence-corrected chi connectivity index (χ1v) is 5.70. The van der Waals surface area contributed by atoms with Crippen LogP contribution in [0.3, 0.4) is 0 Å². The van der Waals surface area contributed by atoms with Crippen molar-refractivity contribution in [2.75, 3.05) is 19.8 Å². The van der Waals surface area contributed by atoms with Crippen molar-refractivity contribution in [1.29, 1.82) is 0 Å². The highest BCUT2D eigenvalue weighted by Gasteiger charge is 2.42. The van der Waals surface area contributed by atoms with Gasteiger partial charge in [0.05, 0.1) is 19.1 Å². The van der Waals surface area contributed by atoms with E-state index in [1.807, 2.05) is 0 Å². The Hall–Kier alpha value is -1.14. The van der Waals surface area contributed by atoms with Crippen LogP contribution in [-0.4, -0.2) is 53.2 Å². The number of hydrogen-bond acceptors (Lipinski definition) is 4. The third kappa shape index (κ3) is 2.58. The molecule has 1 fully saturated rings. The molecule has 98 valence electrons. The van der Waals surface area contributed by atoms with E-state index in [-0.39, 0.29) is 18.6 Å². The van der Waals surface area contributed by atoms with Crippen LogP contribution in [0.15, 0.2) is 0 Å². The molecule has 1 rings (SSSR count). The molecule has 0 bridgehead atoms. The van der Waals surface area contributed by atoms with E-state index in [0.717, 1.165) is 0 Å². The molecule has 0 aromatic carbocycles. The van der Waals surface area contributed by atoms with Crippen LogP contribution in [0, 0.1) is 5.92 Å². The second-order valence-corrected chi connectivity index (χ2v) is 4.75. The maximum atomic E-state index is 12.2. The van der Waals surface area contributed by atoms with E-state index in [4.69, 9.17) is 15.6 Å². The number of amides is 1. The molecule has 1 amide bonds. The lowest BCUT2D eigenvalue weighted by atomic mass is 9.97. The van der Waals surface area contributed by atoms with Crippen LogP contribution < -0.4 is 5.73 Å². The molecule has 1 saturated heterocycles. The lowest BCUT2D eigenvalue weighted by Gasteiger charge is -2.36. The van der Waals surface area contributed by atoms with Crippen molar-refractivity contribution in [3.05, 3.63) is 0 Å². The third-order valence-electron chi connectivity index (χ3n) is 3.22. The van der Waals surface area contributed by atoms with Gasteiger partial charge in [-0.3, -0.25) is 4.79 Å². The van der Waals surface area contributed by atoms with Crippen LogP contribution >= 0.6 is 0 Å². The zero-order valence-corrected chi connectivity index (χ0v) is 10.5. The molecule has 6 nitrogen and oxygen atoms in total. The standard InChI is InChI=1S/C11H20N2O4/c1-4-13(11(2,3)10(15)16)9(14)7-5-17-6-8(7)12/h7-8H,4-6,12H2,1-3H3,(H,15,16). The number of rotatable bonds is 4. The van der Waals surface area contributed by atoms with Gasteiger partial charge in [-0.25, -0.2) is 4.79 Å². The van der Waals surface area contributed by atoms with Crippen LogP contribution in [0.1, 0.15) is 20.8 Å². The van der Waals surface area contributed by atoms with E-state index in [9.17, 15) is 9.59 Å². The molecule has 0 aliphatic carbocycles. The quantitative estimate of drug-likeness (QED) is 0.706. The first kappa shape index (κ1) is 13.9. The number of aliphatic carboxylic acids is 1. The summed E-state index contributed by atoms with van der Waals surface area (Å²) < 4.78 is 5.14.